The summed E-state index contributed by atoms with van der Waals surface area (Å²) in [6.07, 6.45) is 12.2. The van der Waals surface area contributed by atoms with Gasteiger partial charge in [-0.3, -0.25) is 4.79 Å². The van der Waals surface area contributed by atoms with E-state index in [-0.39, 0.29) is 39.6 Å². The third-order valence-electron chi connectivity index (χ3n) is 11.7. The fraction of sp³-hybridized carbons (Fsp3) is 0.774. The molecule has 4 aliphatic rings. The number of allylic oxidation sites excluding steroid dienone is 5. The van der Waals surface area contributed by atoms with Crippen molar-refractivity contribution < 1.29 is 15.0 Å². The predicted octanol–water partition coefficient (Wildman–Crippen LogP) is 7.57. The van der Waals surface area contributed by atoms with Crippen LogP contribution in [0.1, 0.15) is 99.8 Å². The first-order valence-electron chi connectivity index (χ1n) is 13.7. The first-order valence-corrected chi connectivity index (χ1v) is 13.7. The van der Waals surface area contributed by atoms with Gasteiger partial charge in [-0.1, -0.05) is 72.8 Å². The zero-order valence-corrected chi connectivity index (χ0v) is 22.7. The van der Waals surface area contributed by atoms with Crippen LogP contribution in [0, 0.1) is 45.3 Å². The van der Waals surface area contributed by atoms with Crippen LogP contribution >= 0.6 is 0 Å². The standard InChI is InChI=1S/C31H48O3/c1-19(2)20(3)9-10-21(27(33)34)22-13-17-31(8)24-11-12-25-28(4,5)26(32)15-16-29(25,6)23(24)14-18-30(22,31)7/h11,14,19,21-22,25-26,32H,3,9-10,12-13,15-18H2,1-2,4-8H3,(H,33,34)/t21-,22-,25+,26+,29-,30-,31+/m1/s1. The summed E-state index contributed by atoms with van der Waals surface area (Å²) >= 11 is 0. The number of rotatable bonds is 6. The molecule has 0 amide bonds. The smallest absolute Gasteiger partial charge is 0.306 e. The molecule has 2 fully saturated rings. The maximum absolute atomic E-state index is 12.5. The molecule has 0 saturated heterocycles. The topological polar surface area (TPSA) is 57.5 Å². The van der Waals surface area contributed by atoms with Gasteiger partial charge in [-0.05, 0) is 102 Å². The van der Waals surface area contributed by atoms with Crippen molar-refractivity contribution >= 4 is 5.97 Å². The van der Waals surface area contributed by atoms with Crippen LogP contribution in [0.4, 0.5) is 0 Å². The van der Waals surface area contributed by atoms with E-state index in [1.165, 1.54) is 16.7 Å². The SMILES string of the molecule is C=C(CC[C@@H](C(=O)O)[C@H]1CC[C@@]2(C)C3=CC[C@H]4C(C)(C)[C@@H](O)CC[C@]4(C)C3=CC[C@]12C)C(C)C. The fourth-order valence-electron chi connectivity index (χ4n) is 8.80. The maximum atomic E-state index is 12.5. The highest BCUT2D eigenvalue weighted by molar-refractivity contribution is 5.71. The summed E-state index contributed by atoms with van der Waals surface area (Å²) in [4.78, 5) is 12.5. The molecular formula is C31H48O3. The maximum Gasteiger partial charge on any atom is 0.306 e. The van der Waals surface area contributed by atoms with Crippen LogP contribution in [-0.4, -0.2) is 22.3 Å². The van der Waals surface area contributed by atoms with E-state index >= 15 is 0 Å². The Hall–Kier alpha value is -1.35. The molecule has 0 aromatic rings. The van der Waals surface area contributed by atoms with Crippen molar-refractivity contribution in [2.24, 2.45) is 45.3 Å². The molecule has 4 aliphatic carbocycles. The Morgan fingerprint density at radius 1 is 1.09 bits per heavy atom. The largest absolute Gasteiger partial charge is 0.481 e. The van der Waals surface area contributed by atoms with Crippen molar-refractivity contribution in [1.29, 1.82) is 0 Å². The summed E-state index contributed by atoms with van der Waals surface area (Å²) in [6.45, 7) is 20.3. The number of hydrogen-bond donors (Lipinski definition) is 2. The van der Waals surface area contributed by atoms with Gasteiger partial charge < -0.3 is 10.2 Å². The molecule has 7 atom stereocenters. The summed E-state index contributed by atoms with van der Waals surface area (Å²) in [5.74, 6) is 0.0861. The van der Waals surface area contributed by atoms with Crippen LogP contribution in [0.3, 0.4) is 0 Å². The number of aliphatic carboxylic acids is 1. The molecule has 0 bridgehead atoms. The monoisotopic (exact) mass is 468 g/mol. The molecule has 2 N–H and O–H groups in total. The lowest BCUT2D eigenvalue weighted by Gasteiger charge is -2.61. The molecule has 2 saturated carbocycles. The number of hydrogen-bond acceptors (Lipinski definition) is 2. The van der Waals surface area contributed by atoms with Crippen LogP contribution in [-0.2, 0) is 4.79 Å². The zero-order chi connectivity index (χ0) is 25.3. The summed E-state index contributed by atoms with van der Waals surface area (Å²) in [5.41, 5.74) is 4.16. The molecule has 0 radical (unpaired) electrons. The molecule has 0 aromatic heterocycles. The van der Waals surface area contributed by atoms with Gasteiger partial charge in [0.1, 0.15) is 0 Å². The predicted molar refractivity (Wildman–Crippen MR) is 139 cm³/mol. The lowest BCUT2D eigenvalue weighted by atomic mass is 9.44. The minimum absolute atomic E-state index is 0.0126. The Balaban J connectivity index is 1.68. The Bertz CT molecular complexity index is 923. The Labute approximate surface area is 207 Å². The normalized spacial score (nSPS) is 41.6. The van der Waals surface area contributed by atoms with Crippen molar-refractivity contribution in [1.82, 2.24) is 0 Å². The molecule has 34 heavy (non-hydrogen) atoms. The Kier molecular flexibility index (Phi) is 6.32. The van der Waals surface area contributed by atoms with Gasteiger partial charge in [0, 0.05) is 0 Å². The highest BCUT2D eigenvalue weighted by Crippen LogP contribution is 2.71. The highest BCUT2D eigenvalue weighted by atomic mass is 16.4. The molecule has 3 heteroatoms. The first-order chi connectivity index (χ1) is 15.7. The van der Waals surface area contributed by atoms with Crippen LogP contribution in [0.15, 0.2) is 35.5 Å². The van der Waals surface area contributed by atoms with E-state index in [0.29, 0.717) is 18.3 Å². The molecule has 0 unspecified atom stereocenters. The minimum Gasteiger partial charge on any atom is -0.481 e. The molecule has 190 valence electrons. The fourth-order valence-corrected chi connectivity index (χ4v) is 8.80. The van der Waals surface area contributed by atoms with Crippen molar-refractivity contribution in [3.63, 3.8) is 0 Å². The van der Waals surface area contributed by atoms with Crippen LogP contribution in [0.5, 0.6) is 0 Å². The van der Waals surface area contributed by atoms with Gasteiger partial charge in [0.15, 0.2) is 0 Å². The van der Waals surface area contributed by atoms with Gasteiger partial charge in [0.25, 0.3) is 0 Å². The lowest BCUT2D eigenvalue weighted by molar-refractivity contribution is -0.146. The molecule has 4 rings (SSSR count). The van der Waals surface area contributed by atoms with E-state index in [4.69, 9.17) is 0 Å². The number of carboxylic acid groups (broad SMARTS) is 1. The van der Waals surface area contributed by atoms with Crippen LogP contribution in [0.25, 0.3) is 0 Å². The average Bonchev–Trinajstić information content (AvgIpc) is 3.02. The van der Waals surface area contributed by atoms with E-state index in [0.717, 1.165) is 44.9 Å². The van der Waals surface area contributed by atoms with E-state index < -0.39 is 5.97 Å². The summed E-state index contributed by atoms with van der Waals surface area (Å²) in [5, 5.41) is 21.1. The van der Waals surface area contributed by atoms with E-state index in [1.54, 1.807) is 0 Å². The van der Waals surface area contributed by atoms with E-state index in [1.807, 2.05) is 0 Å². The number of aliphatic hydroxyl groups excluding tert-OH is 1. The van der Waals surface area contributed by atoms with E-state index in [9.17, 15) is 15.0 Å². The molecule has 0 heterocycles. The van der Waals surface area contributed by atoms with Crippen molar-refractivity contribution in [2.45, 2.75) is 106 Å². The number of aliphatic hydroxyl groups is 1. The summed E-state index contributed by atoms with van der Waals surface area (Å²) in [6, 6.07) is 0. The molecule has 0 spiro atoms. The van der Waals surface area contributed by atoms with Gasteiger partial charge in [0.05, 0.1) is 12.0 Å². The molecule has 0 aliphatic heterocycles. The van der Waals surface area contributed by atoms with Gasteiger partial charge in [-0.2, -0.15) is 0 Å². The van der Waals surface area contributed by atoms with Gasteiger partial charge in [-0.25, -0.2) is 0 Å². The van der Waals surface area contributed by atoms with Crippen LogP contribution < -0.4 is 0 Å². The van der Waals surface area contributed by atoms with Gasteiger partial charge in [0.2, 0.25) is 0 Å². The molecular weight excluding hydrogens is 420 g/mol. The Morgan fingerprint density at radius 2 is 1.76 bits per heavy atom. The Morgan fingerprint density at radius 3 is 2.38 bits per heavy atom. The van der Waals surface area contributed by atoms with Gasteiger partial charge >= 0.3 is 5.97 Å². The highest BCUT2D eigenvalue weighted by Gasteiger charge is 2.63. The second kappa shape index (κ2) is 8.36. The first kappa shape index (κ1) is 25.7. The second-order valence-electron chi connectivity index (χ2n) is 13.7. The van der Waals surface area contributed by atoms with Crippen LogP contribution in [0.2, 0.25) is 0 Å². The van der Waals surface area contributed by atoms with Gasteiger partial charge in [-0.15, -0.1) is 0 Å². The third kappa shape index (κ3) is 3.51. The van der Waals surface area contributed by atoms with Crippen molar-refractivity contribution in [3.8, 4) is 0 Å². The minimum atomic E-state index is -0.630. The molecule has 3 nitrogen and oxygen atoms in total. The van der Waals surface area contributed by atoms with E-state index in [2.05, 4.69) is 67.2 Å². The lowest BCUT2D eigenvalue weighted by Crippen LogP contribution is -2.54. The average molecular weight is 469 g/mol. The quantitative estimate of drug-likeness (QED) is 0.395. The summed E-state index contributed by atoms with van der Waals surface area (Å²) < 4.78 is 0. The number of fused-ring (bicyclic) bond motifs is 5. The van der Waals surface area contributed by atoms with Crippen molar-refractivity contribution in [2.75, 3.05) is 0 Å². The number of carbonyl (C=O) groups is 1. The zero-order valence-electron chi connectivity index (χ0n) is 22.7. The summed E-state index contributed by atoms with van der Waals surface area (Å²) in [7, 11) is 0. The van der Waals surface area contributed by atoms with Crippen molar-refractivity contribution in [3.05, 3.63) is 35.5 Å². The molecule has 0 aromatic carbocycles. The third-order valence-corrected chi connectivity index (χ3v) is 11.7. The second-order valence-corrected chi connectivity index (χ2v) is 13.7. The number of carboxylic acids is 1.